The molecule has 1 N–H and O–H groups in total. The van der Waals surface area contributed by atoms with E-state index in [4.69, 9.17) is 4.74 Å². The molecule has 1 unspecified atom stereocenters. The first-order valence-corrected chi connectivity index (χ1v) is 7.03. The van der Waals surface area contributed by atoms with Crippen molar-refractivity contribution in [2.24, 2.45) is 5.92 Å². The number of anilines is 2. The Balaban J connectivity index is 2.12. The maximum absolute atomic E-state index is 5.22. The molecule has 1 atom stereocenters. The Morgan fingerprint density at radius 1 is 1.56 bits per heavy atom. The summed E-state index contributed by atoms with van der Waals surface area (Å²) in [5.74, 6) is 2.43. The Bertz CT molecular complexity index is 402. The van der Waals surface area contributed by atoms with Crippen molar-refractivity contribution < 1.29 is 4.74 Å². The molecule has 1 aromatic rings. The van der Waals surface area contributed by atoms with Crippen LogP contribution in [0, 0.1) is 5.92 Å². The highest BCUT2D eigenvalue weighted by Crippen LogP contribution is 2.32. The molecule has 6 heteroatoms. The first-order valence-electron chi connectivity index (χ1n) is 6.24. The predicted molar refractivity (Wildman–Crippen MR) is 76.1 cm³/mol. The Hall–Kier alpha value is -0.880. The predicted octanol–water partition coefficient (Wildman–Crippen LogP) is 2.14. The highest BCUT2D eigenvalue weighted by atomic mass is 79.9. The zero-order chi connectivity index (χ0) is 13.0. The van der Waals surface area contributed by atoms with Gasteiger partial charge in [0, 0.05) is 32.7 Å². The molecule has 0 saturated carbocycles. The molecule has 100 valence electrons. The van der Waals surface area contributed by atoms with Gasteiger partial charge in [0.05, 0.1) is 6.61 Å². The first kappa shape index (κ1) is 13.5. The van der Waals surface area contributed by atoms with Crippen LogP contribution in [-0.4, -0.2) is 43.3 Å². The molecule has 0 aliphatic carbocycles. The van der Waals surface area contributed by atoms with Crippen molar-refractivity contribution in [1.82, 2.24) is 9.97 Å². The fourth-order valence-electron chi connectivity index (χ4n) is 2.27. The third-order valence-electron chi connectivity index (χ3n) is 3.10. The molecule has 2 heterocycles. The Morgan fingerprint density at radius 2 is 2.39 bits per heavy atom. The van der Waals surface area contributed by atoms with Crippen molar-refractivity contribution in [2.45, 2.75) is 13.3 Å². The lowest BCUT2D eigenvalue weighted by Crippen LogP contribution is -2.23. The number of halogens is 1. The van der Waals surface area contributed by atoms with Crippen molar-refractivity contribution in [3.8, 4) is 0 Å². The molecule has 0 bridgehead atoms. The van der Waals surface area contributed by atoms with Gasteiger partial charge in [-0.25, -0.2) is 9.97 Å². The van der Waals surface area contributed by atoms with E-state index in [1.807, 2.05) is 0 Å². The normalized spacial score (nSPS) is 19.3. The minimum absolute atomic E-state index is 0.597. The molecule has 0 aromatic carbocycles. The zero-order valence-electron chi connectivity index (χ0n) is 10.8. The number of aromatic nitrogens is 2. The molecular weight excluding hydrogens is 296 g/mol. The molecule has 1 aromatic heterocycles. The topological polar surface area (TPSA) is 50.3 Å². The standard InChI is InChI=1S/C12H19BrN4O/c1-3-14-11-10(13)12(16-8-15-11)17-5-4-9(6-17)7-18-2/h8-9H,3-7H2,1-2H3,(H,14,15,16). The minimum atomic E-state index is 0.597. The van der Waals surface area contributed by atoms with Gasteiger partial charge in [0.1, 0.15) is 22.4 Å². The number of hydrogen-bond donors (Lipinski definition) is 1. The summed E-state index contributed by atoms with van der Waals surface area (Å²) < 4.78 is 6.17. The van der Waals surface area contributed by atoms with Crippen LogP contribution in [0.5, 0.6) is 0 Å². The third kappa shape index (κ3) is 2.92. The van der Waals surface area contributed by atoms with E-state index in [1.165, 1.54) is 0 Å². The summed E-state index contributed by atoms with van der Waals surface area (Å²) in [6, 6.07) is 0. The van der Waals surface area contributed by atoms with Gasteiger partial charge in [-0.15, -0.1) is 0 Å². The third-order valence-corrected chi connectivity index (χ3v) is 3.83. The van der Waals surface area contributed by atoms with Gasteiger partial charge in [-0.1, -0.05) is 0 Å². The van der Waals surface area contributed by atoms with Crippen LogP contribution in [0.25, 0.3) is 0 Å². The van der Waals surface area contributed by atoms with Crippen molar-refractivity contribution in [3.63, 3.8) is 0 Å². The summed E-state index contributed by atoms with van der Waals surface area (Å²) in [6.45, 7) is 5.74. The number of nitrogens with one attached hydrogen (secondary N) is 1. The largest absolute Gasteiger partial charge is 0.384 e. The van der Waals surface area contributed by atoms with Gasteiger partial charge in [0.2, 0.25) is 0 Å². The van der Waals surface area contributed by atoms with Crippen molar-refractivity contribution in [3.05, 3.63) is 10.8 Å². The van der Waals surface area contributed by atoms with Gasteiger partial charge in [-0.05, 0) is 29.3 Å². The lowest BCUT2D eigenvalue weighted by Gasteiger charge is -2.19. The monoisotopic (exact) mass is 314 g/mol. The van der Waals surface area contributed by atoms with Crippen molar-refractivity contribution in [2.75, 3.05) is 43.6 Å². The van der Waals surface area contributed by atoms with E-state index in [0.29, 0.717) is 5.92 Å². The van der Waals surface area contributed by atoms with E-state index in [1.54, 1.807) is 13.4 Å². The van der Waals surface area contributed by atoms with Gasteiger partial charge in [0.25, 0.3) is 0 Å². The van der Waals surface area contributed by atoms with E-state index in [2.05, 4.69) is 43.0 Å². The summed E-state index contributed by atoms with van der Waals surface area (Å²) in [6.07, 6.45) is 2.77. The van der Waals surface area contributed by atoms with Gasteiger partial charge in [-0.2, -0.15) is 0 Å². The molecule has 1 aliphatic heterocycles. The van der Waals surface area contributed by atoms with Crippen LogP contribution >= 0.6 is 15.9 Å². The van der Waals surface area contributed by atoms with E-state index in [9.17, 15) is 0 Å². The molecule has 5 nitrogen and oxygen atoms in total. The van der Waals surface area contributed by atoms with E-state index >= 15 is 0 Å². The fraction of sp³-hybridized carbons (Fsp3) is 0.667. The minimum Gasteiger partial charge on any atom is -0.384 e. The van der Waals surface area contributed by atoms with E-state index in [-0.39, 0.29) is 0 Å². The van der Waals surface area contributed by atoms with Crippen molar-refractivity contribution >= 4 is 27.6 Å². The van der Waals surface area contributed by atoms with Gasteiger partial charge in [0.15, 0.2) is 0 Å². The lowest BCUT2D eigenvalue weighted by molar-refractivity contribution is 0.161. The van der Waals surface area contributed by atoms with Crippen LogP contribution < -0.4 is 10.2 Å². The number of methoxy groups -OCH3 is 1. The molecule has 1 aliphatic rings. The fourth-order valence-corrected chi connectivity index (χ4v) is 2.86. The average molecular weight is 315 g/mol. The summed E-state index contributed by atoms with van der Waals surface area (Å²) in [4.78, 5) is 10.9. The number of hydrogen-bond acceptors (Lipinski definition) is 5. The molecule has 0 spiro atoms. The summed E-state index contributed by atoms with van der Waals surface area (Å²) in [5.41, 5.74) is 0. The Labute approximate surface area is 116 Å². The number of ether oxygens (including phenoxy) is 1. The zero-order valence-corrected chi connectivity index (χ0v) is 12.4. The van der Waals surface area contributed by atoms with E-state index < -0.39 is 0 Å². The molecule has 0 amide bonds. The Kier molecular flexibility index (Phi) is 4.77. The summed E-state index contributed by atoms with van der Waals surface area (Å²) in [7, 11) is 1.76. The SMILES string of the molecule is CCNc1ncnc(N2CCC(COC)C2)c1Br. The second-order valence-electron chi connectivity index (χ2n) is 4.45. The van der Waals surface area contributed by atoms with Gasteiger partial charge < -0.3 is 15.0 Å². The van der Waals surface area contributed by atoms with Crippen LogP contribution in [0.2, 0.25) is 0 Å². The highest BCUT2D eigenvalue weighted by Gasteiger charge is 2.25. The van der Waals surface area contributed by atoms with Gasteiger partial charge >= 0.3 is 0 Å². The molecule has 1 fully saturated rings. The number of rotatable bonds is 5. The van der Waals surface area contributed by atoms with Crippen molar-refractivity contribution in [1.29, 1.82) is 0 Å². The molecular formula is C12H19BrN4O. The smallest absolute Gasteiger partial charge is 0.148 e. The molecule has 0 radical (unpaired) electrons. The maximum atomic E-state index is 5.22. The first-order chi connectivity index (χ1) is 8.76. The molecule has 2 rings (SSSR count). The molecule has 1 saturated heterocycles. The van der Waals surface area contributed by atoms with Crippen LogP contribution in [0.4, 0.5) is 11.6 Å². The summed E-state index contributed by atoms with van der Waals surface area (Å²) >= 11 is 3.59. The maximum Gasteiger partial charge on any atom is 0.148 e. The lowest BCUT2D eigenvalue weighted by atomic mass is 10.1. The summed E-state index contributed by atoms with van der Waals surface area (Å²) in [5, 5.41) is 3.23. The quantitative estimate of drug-likeness (QED) is 0.902. The Morgan fingerprint density at radius 3 is 3.11 bits per heavy atom. The molecule has 18 heavy (non-hydrogen) atoms. The average Bonchev–Trinajstić information content (AvgIpc) is 2.81. The van der Waals surface area contributed by atoms with E-state index in [0.717, 1.165) is 48.8 Å². The van der Waals surface area contributed by atoms with Crippen LogP contribution in [-0.2, 0) is 4.74 Å². The second kappa shape index (κ2) is 6.33. The van der Waals surface area contributed by atoms with Crippen LogP contribution in [0.15, 0.2) is 10.8 Å². The second-order valence-corrected chi connectivity index (χ2v) is 5.24. The number of nitrogens with zero attached hydrogens (tertiary/aromatic N) is 3. The van der Waals surface area contributed by atoms with Crippen LogP contribution in [0.3, 0.4) is 0 Å². The van der Waals surface area contributed by atoms with Crippen LogP contribution in [0.1, 0.15) is 13.3 Å². The highest BCUT2D eigenvalue weighted by molar-refractivity contribution is 9.10. The van der Waals surface area contributed by atoms with Gasteiger partial charge in [-0.3, -0.25) is 0 Å².